The molecule has 50 heavy (non-hydrogen) atoms. The van der Waals surface area contributed by atoms with Crippen LogP contribution in [0.15, 0.2) is 24.3 Å². The van der Waals surface area contributed by atoms with Crippen molar-refractivity contribution in [2.75, 3.05) is 13.2 Å². The average Bonchev–Trinajstić information content (AvgIpc) is 3.33. The molecule has 0 bridgehead atoms. The first-order chi connectivity index (χ1) is 24.0. The van der Waals surface area contributed by atoms with Crippen LogP contribution in [0, 0.1) is 11.8 Å². The summed E-state index contributed by atoms with van der Waals surface area (Å²) in [5.74, 6) is -1.49. The van der Waals surface area contributed by atoms with E-state index in [0.717, 1.165) is 38.5 Å². The van der Waals surface area contributed by atoms with Gasteiger partial charge in [-0.05, 0) is 38.0 Å². The van der Waals surface area contributed by atoms with E-state index in [1.807, 2.05) is 18.2 Å². The second kappa shape index (κ2) is 28.9. The highest BCUT2D eigenvalue weighted by atomic mass is 31.2. The number of hydrogen-bond acceptors (Lipinski definition) is 9. The van der Waals surface area contributed by atoms with Crippen LogP contribution in [0.4, 0.5) is 0 Å². The molecular formula is C38H69O11P. The van der Waals surface area contributed by atoms with Gasteiger partial charge < -0.3 is 34.6 Å². The van der Waals surface area contributed by atoms with E-state index >= 15 is 0 Å². The molecule has 6 atom stereocenters. The SMILES string of the molecule is CCCCCCCCCCCCCCC(=O)OC[C@H](COP(=O)(O)O)OC(=O)CCC/C=C/C[C@@H]1[C@@H](/C=C/[C@@H](O)CCCCC)[C@H](O)C[C@@H]1O. The molecular weight excluding hydrogens is 663 g/mol. The molecule has 292 valence electrons. The summed E-state index contributed by atoms with van der Waals surface area (Å²) in [6.45, 7) is 3.36. The minimum absolute atomic E-state index is 0.0373. The third-order valence-electron chi connectivity index (χ3n) is 9.29. The largest absolute Gasteiger partial charge is 0.469 e. The lowest BCUT2D eigenvalue weighted by Gasteiger charge is -2.19. The molecule has 1 saturated carbocycles. The molecule has 1 fully saturated rings. The quantitative estimate of drug-likeness (QED) is 0.0205. The van der Waals surface area contributed by atoms with E-state index in [1.165, 1.54) is 51.4 Å². The summed E-state index contributed by atoms with van der Waals surface area (Å²) in [4.78, 5) is 42.9. The Morgan fingerprint density at radius 3 is 1.96 bits per heavy atom. The lowest BCUT2D eigenvalue weighted by Crippen LogP contribution is -2.29. The van der Waals surface area contributed by atoms with Gasteiger partial charge in [-0.25, -0.2) is 4.57 Å². The maximum Gasteiger partial charge on any atom is 0.469 e. The zero-order valence-corrected chi connectivity index (χ0v) is 31.8. The van der Waals surface area contributed by atoms with E-state index in [4.69, 9.17) is 19.3 Å². The van der Waals surface area contributed by atoms with Crippen molar-refractivity contribution in [2.24, 2.45) is 11.8 Å². The summed E-state index contributed by atoms with van der Waals surface area (Å²) >= 11 is 0. The molecule has 0 saturated heterocycles. The maximum atomic E-state index is 12.5. The number of phosphoric ester groups is 1. The highest BCUT2D eigenvalue weighted by molar-refractivity contribution is 7.46. The van der Waals surface area contributed by atoms with E-state index in [1.54, 1.807) is 6.08 Å². The van der Waals surface area contributed by atoms with Gasteiger partial charge in [-0.15, -0.1) is 0 Å². The minimum atomic E-state index is -4.82. The Bertz CT molecular complexity index is 982. The van der Waals surface area contributed by atoms with Crippen LogP contribution in [-0.2, 0) is 28.2 Å². The van der Waals surface area contributed by atoms with Gasteiger partial charge in [-0.2, -0.15) is 0 Å². The van der Waals surface area contributed by atoms with Gasteiger partial charge in [0.1, 0.15) is 6.61 Å². The fourth-order valence-electron chi connectivity index (χ4n) is 6.31. The zero-order valence-electron chi connectivity index (χ0n) is 30.9. The highest BCUT2D eigenvalue weighted by Crippen LogP contribution is 2.37. The monoisotopic (exact) mass is 732 g/mol. The molecule has 1 aliphatic rings. The molecule has 0 amide bonds. The van der Waals surface area contributed by atoms with Crippen molar-refractivity contribution in [3.05, 3.63) is 24.3 Å². The van der Waals surface area contributed by atoms with Crippen LogP contribution < -0.4 is 0 Å². The smallest absolute Gasteiger partial charge is 0.462 e. The van der Waals surface area contributed by atoms with Crippen LogP contribution in [0.2, 0.25) is 0 Å². The molecule has 0 heterocycles. The summed E-state index contributed by atoms with van der Waals surface area (Å²) in [5.41, 5.74) is 0. The normalized spacial score (nSPS) is 20.9. The average molecular weight is 733 g/mol. The van der Waals surface area contributed by atoms with Crippen molar-refractivity contribution >= 4 is 19.8 Å². The van der Waals surface area contributed by atoms with Crippen molar-refractivity contribution in [1.82, 2.24) is 0 Å². The molecule has 0 radical (unpaired) electrons. The van der Waals surface area contributed by atoms with Crippen molar-refractivity contribution in [2.45, 2.75) is 180 Å². The number of ether oxygens (including phenoxy) is 2. The summed E-state index contributed by atoms with van der Waals surface area (Å²) in [5, 5.41) is 31.1. The fraction of sp³-hybridized carbons (Fsp3) is 0.842. The van der Waals surface area contributed by atoms with Crippen LogP contribution in [-0.4, -0.2) is 74.7 Å². The van der Waals surface area contributed by atoms with Gasteiger partial charge in [0.15, 0.2) is 6.10 Å². The third kappa shape index (κ3) is 24.6. The third-order valence-corrected chi connectivity index (χ3v) is 9.78. The Morgan fingerprint density at radius 2 is 1.34 bits per heavy atom. The Kier molecular flexibility index (Phi) is 26.9. The summed E-state index contributed by atoms with van der Waals surface area (Å²) < 4.78 is 26.3. The second-order valence-corrected chi connectivity index (χ2v) is 15.1. The number of hydrogen-bond donors (Lipinski definition) is 5. The molecule has 5 N–H and O–H groups in total. The van der Waals surface area contributed by atoms with Gasteiger partial charge in [-0.3, -0.25) is 14.1 Å². The zero-order chi connectivity index (χ0) is 37.0. The summed E-state index contributed by atoms with van der Waals surface area (Å²) in [6.07, 6.45) is 24.3. The second-order valence-electron chi connectivity index (χ2n) is 13.9. The standard InChI is InChI=1S/C38H69O11P/c1-3-5-7-8-9-10-11-12-13-14-15-20-24-37(42)47-29-32(30-48-50(44,45)46)49-38(43)25-21-17-16-19-23-33-34(36(41)28-35(33)40)27-26-31(39)22-18-6-4-2/h16,19,26-27,31-36,39-41H,3-15,17-18,20-25,28-30H2,1-2H3,(H2,44,45,46)/b19-16+,27-26+/t31-,32+,33+,34+,35-,36+/m0/s1. The molecule has 1 rings (SSSR count). The van der Waals surface area contributed by atoms with Gasteiger partial charge in [0.05, 0.1) is 24.9 Å². The molecule has 0 aliphatic heterocycles. The Morgan fingerprint density at radius 1 is 0.760 bits per heavy atom. The number of carbonyl (C=O) groups excluding carboxylic acids is 2. The van der Waals surface area contributed by atoms with Crippen LogP contribution >= 0.6 is 7.82 Å². The van der Waals surface area contributed by atoms with Gasteiger partial charge in [0, 0.05) is 25.2 Å². The molecule has 0 unspecified atom stereocenters. The minimum Gasteiger partial charge on any atom is -0.462 e. The predicted octanol–water partition coefficient (Wildman–Crippen LogP) is 7.61. The number of aliphatic hydroxyl groups is 3. The van der Waals surface area contributed by atoms with Gasteiger partial charge >= 0.3 is 19.8 Å². The Hall–Kier alpha value is -1.59. The molecule has 0 spiro atoms. The van der Waals surface area contributed by atoms with Gasteiger partial charge in [-0.1, -0.05) is 128 Å². The van der Waals surface area contributed by atoms with E-state index in [-0.39, 0.29) is 37.7 Å². The first-order valence-corrected chi connectivity index (χ1v) is 20.9. The number of esters is 2. The van der Waals surface area contributed by atoms with Crippen LogP contribution in [0.3, 0.4) is 0 Å². The molecule has 0 aromatic rings. The Balaban J connectivity index is 2.35. The number of carbonyl (C=O) groups is 2. The molecule has 1 aliphatic carbocycles. The molecule has 0 aromatic carbocycles. The highest BCUT2D eigenvalue weighted by Gasteiger charge is 2.39. The lowest BCUT2D eigenvalue weighted by molar-refractivity contribution is -0.161. The molecule has 11 nitrogen and oxygen atoms in total. The lowest BCUT2D eigenvalue weighted by atomic mass is 9.89. The summed E-state index contributed by atoms with van der Waals surface area (Å²) in [6, 6.07) is 0. The van der Waals surface area contributed by atoms with Crippen LogP contribution in [0.5, 0.6) is 0 Å². The van der Waals surface area contributed by atoms with Crippen molar-refractivity contribution in [3.8, 4) is 0 Å². The van der Waals surface area contributed by atoms with Gasteiger partial charge in [0.25, 0.3) is 0 Å². The van der Waals surface area contributed by atoms with E-state index < -0.39 is 50.8 Å². The number of allylic oxidation sites excluding steroid dienone is 2. The van der Waals surface area contributed by atoms with Crippen molar-refractivity contribution in [3.63, 3.8) is 0 Å². The molecule has 0 aromatic heterocycles. The topological polar surface area (TPSA) is 180 Å². The van der Waals surface area contributed by atoms with E-state index in [9.17, 15) is 29.5 Å². The van der Waals surface area contributed by atoms with E-state index in [0.29, 0.717) is 32.1 Å². The molecule has 12 heteroatoms. The predicted molar refractivity (Wildman–Crippen MR) is 195 cm³/mol. The number of aliphatic hydroxyl groups excluding tert-OH is 3. The van der Waals surface area contributed by atoms with Crippen molar-refractivity contribution in [1.29, 1.82) is 0 Å². The van der Waals surface area contributed by atoms with Crippen LogP contribution in [0.25, 0.3) is 0 Å². The van der Waals surface area contributed by atoms with Crippen molar-refractivity contribution < 1.29 is 53.3 Å². The first-order valence-electron chi connectivity index (χ1n) is 19.4. The first kappa shape index (κ1) is 46.4. The Labute approximate surface area is 301 Å². The van der Waals surface area contributed by atoms with E-state index in [2.05, 4.69) is 18.4 Å². The number of phosphoric acid groups is 1. The van der Waals surface area contributed by atoms with Crippen LogP contribution in [0.1, 0.15) is 155 Å². The van der Waals surface area contributed by atoms with Gasteiger partial charge in [0.2, 0.25) is 0 Å². The summed E-state index contributed by atoms with van der Waals surface area (Å²) in [7, 11) is -4.82. The number of unbranched alkanes of at least 4 members (excludes halogenated alkanes) is 14. The maximum absolute atomic E-state index is 12.5. The number of rotatable bonds is 31. The fourth-order valence-corrected chi connectivity index (χ4v) is 6.67.